The van der Waals surface area contributed by atoms with Crippen LogP contribution in [0.5, 0.6) is 0 Å². The van der Waals surface area contributed by atoms with Gasteiger partial charge in [-0.3, -0.25) is 4.79 Å². The first-order valence-electron chi connectivity index (χ1n) is 7.52. The van der Waals surface area contributed by atoms with E-state index in [0.717, 1.165) is 11.6 Å². The number of carbonyl (C=O) groups excluding carboxylic acids is 1. The standard InChI is InChI=1S/C17H14F3N3O2/c18-17(19,20)15-8-4-7-12(22-15)10-21-16(24)14-9-13(23-25-14)11-5-2-1-3-6-11/h1-8,14H,9-10H2,(H,21,24). The van der Waals surface area contributed by atoms with Crippen LogP contribution in [0.15, 0.2) is 53.7 Å². The molecule has 1 aromatic carbocycles. The molecule has 2 heterocycles. The number of nitrogens with zero attached hydrogens (tertiary/aromatic N) is 2. The molecule has 0 aliphatic carbocycles. The third-order valence-corrected chi connectivity index (χ3v) is 3.61. The average Bonchev–Trinajstić information content (AvgIpc) is 3.10. The zero-order chi connectivity index (χ0) is 17.9. The summed E-state index contributed by atoms with van der Waals surface area (Å²) in [5, 5.41) is 6.43. The van der Waals surface area contributed by atoms with Crippen molar-refractivity contribution >= 4 is 11.6 Å². The second-order valence-electron chi connectivity index (χ2n) is 5.43. The summed E-state index contributed by atoms with van der Waals surface area (Å²) in [4.78, 5) is 20.7. The topological polar surface area (TPSA) is 63.6 Å². The van der Waals surface area contributed by atoms with Crippen LogP contribution in [-0.4, -0.2) is 22.7 Å². The lowest BCUT2D eigenvalue weighted by Crippen LogP contribution is -2.34. The third kappa shape index (κ3) is 4.14. The number of alkyl halides is 3. The summed E-state index contributed by atoms with van der Waals surface area (Å²) in [5.74, 6) is -0.450. The second-order valence-corrected chi connectivity index (χ2v) is 5.43. The van der Waals surface area contributed by atoms with Crippen molar-refractivity contribution < 1.29 is 22.8 Å². The zero-order valence-corrected chi connectivity index (χ0v) is 13.0. The van der Waals surface area contributed by atoms with E-state index in [1.54, 1.807) is 0 Å². The summed E-state index contributed by atoms with van der Waals surface area (Å²) in [6.45, 7) is -0.122. The summed E-state index contributed by atoms with van der Waals surface area (Å²) in [7, 11) is 0. The summed E-state index contributed by atoms with van der Waals surface area (Å²) in [6, 6.07) is 12.8. The number of nitrogens with one attached hydrogen (secondary N) is 1. The maximum Gasteiger partial charge on any atom is 0.433 e. The Morgan fingerprint density at radius 2 is 1.92 bits per heavy atom. The lowest BCUT2D eigenvalue weighted by atomic mass is 10.0. The Kier molecular flexibility index (Phi) is 4.69. The first kappa shape index (κ1) is 16.9. The molecule has 3 rings (SSSR count). The molecule has 130 valence electrons. The molecular weight excluding hydrogens is 335 g/mol. The number of benzene rings is 1. The Hall–Kier alpha value is -2.90. The Bertz CT molecular complexity index is 791. The molecule has 25 heavy (non-hydrogen) atoms. The Morgan fingerprint density at radius 3 is 2.64 bits per heavy atom. The van der Waals surface area contributed by atoms with Crippen molar-refractivity contribution in [2.24, 2.45) is 5.16 Å². The van der Waals surface area contributed by atoms with Gasteiger partial charge in [-0.1, -0.05) is 41.6 Å². The molecule has 1 aliphatic rings. The highest BCUT2D eigenvalue weighted by molar-refractivity contribution is 6.04. The maximum atomic E-state index is 12.6. The van der Waals surface area contributed by atoms with E-state index in [2.05, 4.69) is 15.5 Å². The number of pyridine rings is 1. The minimum Gasteiger partial charge on any atom is -0.382 e. The van der Waals surface area contributed by atoms with E-state index >= 15 is 0 Å². The summed E-state index contributed by atoms with van der Waals surface area (Å²) in [6.07, 6.45) is -5.03. The predicted molar refractivity (Wildman–Crippen MR) is 83.6 cm³/mol. The Labute approximate surface area is 141 Å². The number of halogens is 3. The lowest BCUT2D eigenvalue weighted by Gasteiger charge is -2.11. The van der Waals surface area contributed by atoms with E-state index < -0.39 is 23.9 Å². The molecule has 0 saturated heterocycles. The maximum absolute atomic E-state index is 12.6. The van der Waals surface area contributed by atoms with Crippen LogP contribution in [0.3, 0.4) is 0 Å². The van der Waals surface area contributed by atoms with Crippen molar-refractivity contribution in [3.8, 4) is 0 Å². The fourth-order valence-corrected chi connectivity index (χ4v) is 2.35. The largest absolute Gasteiger partial charge is 0.433 e. The van der Waals surface area contributed by atoms with Crippen molar-refractivity contribution in [2.45, 2.75) is 25.2 Å². The van der Waals surface area contributed by atoms with Gasteiger partial charge in [0.25, 0.3) is 5.91 Å². The van der Waals surface area contributed by atoms with Crippen molar-refractivity contribution in [1.82, 2.24) is 10.3 Å². The Morgan fingerprint density at radius 1 is 1.16 bits per heavy atom. The van der Waals surface area contributed by atoms with Crippen LogP contribution < -0.4 is 5.32 Å². The van der Waals surface area contributed by atoms with E-state index in [4.69, 9.17) is 4.84 Å². The van der Waals surface area contributed by atoms with Gasteiger partial charge in [0.05, 0.1) is 18.0 Å². The number of aromatic nitrogens is 1. The molecule has 1 unspecified atom stereocenters. The van der Waals surface area contributed by atoms with Crippen LogP contribution in [0.4, 0.5) is 13.2 Å². The smallest absolute Gasteiger partial charge is 0.382 e. The Balaban J connectivity index is 1.56. The summed E-state index contributed by atoms with van der Waals surface area (Å²) >= 11 is 0. The van der Waals surface area contributed by atoms with Gasteiger partial charge in [0.2, 0.25) is 6.10 Å². The van der Waals surface area contributed by atoms with Gasteiger partial charge in [-0.2, -0.15) is 13.2 Å². The average molecular weight is 349 g/mol. The van der Waals surface area contributed by atoms with Crippen LogP contribution >= 0.6 is 0 Å². The zero-order valence-electron chi connectivity index (χ0n) is 13.0. The first-order chi connectivity index (χ1) is 11.9. The first-order valence-corrected chi connectivity index (χ1v) is 7.52. The fourth-order valence-electron chi connectivity index (χ4n) is 2.35. The molecule has 1 aromatic heterocycles. The molecule has 0 bridgehead atoms. The van der Waals surface area contributed by atoms with E-state index in [9.17, 15) is 18.0 Å². The molecule has 1 atom stereocenters. The number of rotatable bonds is 4. The summed E-state index contributed by atoms with van der Waals surface area (Å²) < 4.78 is 37.9. The van der Waals surface area contributed by atoms with E-state index in [1.165, 1.54) is 12.1 Å². The lowest BCUT2D eigenvalue weighted by molar-refractivity contribution is -0.141. The van der Waals surface area contributed by atoms with Crippen LogP contribution in [0.2, 0.25) is 0 Å². The molecule has 1 N–H and O–H groups in total. The second kappa shape index (κ2) is 6.92. The highest BCUT2D eigenvalue weighted by Gasteiger charge is 2.32. The van der Waals surface area contributed by atoms with Crippen LogP contribution in [-0.2, 0) is 22.4 Å². The molecule has 2 aromatic rings. The van der Waals surface area contributed by atoms with Gasteiger partial charge in [-0.25, -0.2) is 4.98 Å². The van der Waals surface area contributed by atoms with Crippen LogP contribution in [0.25, 0.3) is 0 Å². The molecular formula is C17H14F3N3O2. The number of oxime groups is 1. The van der Waals surface area contributed by atoms with Gasteiger partial charge >= 0.3 is 6.18 Å². The molecule has 8 heteroatoms. The highest BCUT2D eigenvalue weighted by atomic mass is 19.4. The van der Waals surface area contributed by atoms with Crippen LogP contribution in [0, 0.1) is 0 Å². The van der Waals surface area contributed by atoms with Gasteiger partial charge in [-0.05, 0) is 17.7 Å². The molecule has 1 aliphatic heterocycles. The van der Waals surface area contributed by atoms with Crippen molar-refractivity contribution in [3.63, 3.8) is 0 Å². The number of carbonyl (C=O) groups is 1. The molecule has 1 amide bonds. The van der Waals surface area contributed by atoms with Crippen molar-refractivity contribution in [3.05, 3.63) is 65.5 Å². The minimum absolute atomic E-state index is 0.116. The van der Waals surface area contributed by atoms with Crippen LogP contribution in [0.1, 0.15) is 23.4 Å². The normalized spacial score (nSPS) is 16.9. The van der Waals surface area contributed by atoms with E-state index in [0.29, 0.717) is 12.1 Å². The minimum atomic E-state index is -4.52. The molecule has 0 saturated carbocycles. The molecule has 5 nitrogen and oxygen atoms in total. The van der Waals surface area contributed by atoms with Crippen molar-refractivity contribution in [1.29, 1.82) is 0 Å². The monoisotopic (exact) mass is 349 g/mol. The molecule has 0 radical (unpaired) electrons. The van der Waals surface area contributed by atoms with Gasteiger partial charge in [0.1, 0.15) is 5.69 Å². The number of hydrogen-bond donors (Lipinski definition) is 1. The quantitative estimate of drug-likeness (QED) is 0.923. The molecule has 0 fully saturated rings. The van der Waals surface area contributed by atoms with Gasteiger partial charge < -0.3 is 10.2 Å². The number of amides is 1. The van der Waals surface area contributed by atoms with Gasteiger partial charge in [0.15, 0.2) is 0 Å². The van der Waals surface area contributed by atoms with Gasteiger partial charge in [0, 0.05) is 6.42 Å². The SMILES string of the molecule is O=C(NCc1cccc(C(F)(F)F)n1)C1CC(c2ccccc2)=NO1. The predicted octanol–water partition coefficient (Wildman–Crippen LogP) is 2.91. The van der Waals surface area contributed by atoms with E-state index in [-0.39, 0.29) is 12.2 Å². The summed E-state index contributed by atoms with van der Waals surface area (Å²) in [5.41, 5.74) is 0.631. The molecule has 0 spiro atoms. The van der Waals surface area contributed by atoms with Gasteiger partial charge in [-0.15, -0.1) is 0 Å². The van der Waals surface area contributed by atoms with E-state index in [1.807, 2.05) is 30.3 Å². The van der Waals surface area contributed by atoms with Crippen molar-refractivity contribution in [2.75, 3.05) is 0 Å². The fraction of sp³-hybridized carbons (Fsp3) is 0.235. The third-order valence-electron chi connectivity index (χ3n) is 3.61. The number of hydrogen-bond acceptors (Lipinski definition) is 4. The highest BCUT2D eigenvalue weighted by Crippen LogP contribution is 2.27.